The number of carbonyl (C=O) groups excluding carboxylic acids is 1. The molecular formula is C26H44N2O9S. The molecule has 1 amide bonds. The highest BCUT2D eigenvalue weighted by atomic mass is 32.2. The number of ether oxygens (including phenoxy) is 2. The van der Waals surface area contributed by atoms with Crippen molar-refractivity contribution in [3.05, 3.63) is 12.2 Å². The molecule has 11 nitrogen and oxygen atoms in total. The second kappa shape index (κ2) is 14.9. The van der Waals surface area contributed by atoms with E-state index in [1.807, 2.05) is 12.2 Å². The van der Waals surface area contributed by atoms with Gasteiger partial charge in [0.25, 0.3) is 6.47 Å². The molecule has 3 fully saturated rings. The summed E-state index contributed by atoms with van der Waals surface area (Å²) in [5, 5.41) is 54.6. The van der Waals surface area contributed by atoms with Crippen LogP contribution >= 0.6 is 11.8 Å². The Bertz CT molecular complexity index is 788. The zero-order chi connectivity index (χ0) is 27.8. The van der Waals surface area contributed by atoms with Gasteiger partial charge in [0.15, 0.2) is 0 Å². The van der Waals surface area contributed by atoms with Crippen molar-refractivity contribution in [2.45, 2.75) is 87.6 Å². The number of thioether (sulfide) groups is 1. The summed E-state index contributed by atoms with van der Waals surface area (Å²) in [7, 11) is 0. The highest BCUT2D eigenvalue weighted by molar-refractivity contribution is 7.99. The van der Waals surface area contributed by atoms with Crippen LogP contribution in [0.1, 0.15) is 39.5 Å². The third-order valence-electron chi connectivity index (χ3n) is 7.79. The summed E-state index contributed by atoms with van der Waals surface area (Å²) in [6.07, 6.45) is 2.28. The van der Waals surface area contributed by atoms with Gasteiger partial charge < -0.3 is 45.6 Å². The van der Waals surface area contributed by atoms with Gasteiger partial charge in [-0.15, -0.1) is 11.8 Å². The smallest absolute Gasteiger partial charge is 0.290 e. The number of fused-ring (bicyclic) bond motifs is 3. The maximum atomic E-state index is 13.5. The molecule has 12 heteroatoms. The minimum absolute atomic E-state index is 0.0534. The van der Waals surface area contributed by atoms with Crippen molar-refractivity contribution in [2.24, 2.45) is 23.7 Å². The molecule has 11 atom stereocenters. The average molecular weight is 561 g/mol. The normalized spacial score (nSPS) is 42.1. The highest BCUT2D eigenvalue weighted by Crippen LogP contribution is 2.35. The minimum Gasteiger partial charge on any atom is -0.483 e. The van der Waals surface area contributed by atoms with Crippen LogP contribution < -0.4 is 10.6 Å². The van der Waals surface area contributed by atoms with E-state index in [-0.39, 0.29) is 36.9 Å². The topological polar surface area (TPSA) is 178 Å². The van der Waals surface area contributed by atoms with E-state index in [9.17, 15) is 25.2 Å². The third kappa shape index (κ3) is 7.91. The molecule has 7 N–H and O–H groups in total. The number of nitrogens with one attached hydrogen (secondary N) is 2. The molecule has 1 unspecified atom stereocenters. The molecule has 3 saturated heterocycles. The number of carbonyl (C=O) groups is 2. The summed E-state index contributed by atoms with van der Waals surface area (Å²) in [5.41, 5.74) is -0.768. The minimum atomic E-state index is -1.39. The molecule has 2 bridgehead atoms. The second-order valence-electron chi connectivity index (χ2n) is 11.1. The first kappa shape index (κ1) is 31.3. The summed E-state index contributed by atoms with van der Waals surface area (Å²) < 4.78 is 12.2. The lowest BCUT2D eigenvalue weighted by Gasteiger charge is -2.44. The Labute approximate surface area is 228 Å². The van der Waals surface area contributed by atoms with E-state index in [2.05, 4.69) is 24.5 Å². The lowest BCUT2D eigenvalue weighted by molar-refractivity contribution is -0.205. The van der Waals surface area contributed by atoms with E-state index >= 15 is 0 Å². The Morgan fingerprint density at radius 1 is 1.21 bits per heavy atom. The van der Waals surface area contributed by atoms with E-state index in [1.165, 1.54) is 11.8 Å². The van der Waals surface area contributed by atoms with Crippen molar-refractivity contribution >= 4 is 24.1 Å². The summed E-state index contributed by atoms with van der Waals surface area (Å²) in [6, 6.07) is -1.11. The molecular weight excluding hydrogens is 516 g/mol. The van der Waals surface area contributed by atoms with Crippen LogP contribution in [0.5, 0.6) is 0 Å². The molecule has 4 rings (SSSR count). The molecule has 218 valence electrons. The maximum absolute atomic E-state index is 13.5. The van der Waals surface area contributed by atoms with Gasteiger partial charge in [0.05, 0.1) is 18.8 Å². The first-order valence-corrected chi connectivity index (χ1v) is 14.6. The van der Waals surface area contributed by atoms with Crippen LogP contribution in [-0.2, 0) is 19.1 Å². The van der Waals surface area contributed by atoms with Crippen molar-refractivity contribution in [2.75, 3.05) is 25.5 Å². The van der Waals surface area contributed by atoms with Gasteiger partial charge in [-0.1, -0.05) is 26.0 Å². The number of aliphatic hydroxyl groups is 4. The zero-order valence-corrected chi connectivity index (χ0v) is 22.9. The van der Waals surface area contributed by atoms with Gasteiger partial charge >= 0.3 is 0 Å². The van der Waals surface area contributed by atoms with Crippen molar-refractivity contribution in [1.29, 1.82) is 0 Å². The van der Waals surface area contributed by atoms with E-state index in [0.717, 1.165) is 25.8 Å². The molecule has 0 aromatic heterocycles. The first-order valence-electron chi connectivity index (χ1n) is 13.5. The summed E-state index contributed by atoms with van der Waals surface area (Å²) >= 11 is 1.29. The van der Waals surface area contributed by atoms with Gasteiger partial charge in [-0.05, 0) is 43.4 Å². The van der Waals surface area contributed by atoms with E-state index < -0.39 is 41.9 Å². The van der Waals surface area contributed by atoms with Crippen LogP contribution in [0.4, 0.5) is 0 Å². The molecule has 0 spiro atoms. The number of amides is 1. The number of hydrogen-bond donors (Lipinski definition) is 7. The molecule has 0 saturated carbocycles. The van der Waals surface area contributed by atoms with E-state index in [4.69, 9.17) is 19.4 Å². The number of carboxylic acid groups (broad SMARTS) is 1. The maximum Gasteiger partial charge on any atom is 0.290 e. The molecule has 4 heterocycles. The SMILES string of the molecule is CC(C)C[C@@H]1CCO[C@@H]2[C@H](CN[C@@H]2C(=O)N[C@@H]2C/C=C/C(CO)CS[C@H]3O[C@H]2[C@H](O)[C@H](O)[C@H]3O)C1.O=CO. The quantitative estimate of drug-likeness (QED) is 0.174. The van der Waals surface area contributed by atoms with Gasteiger partial charge in [0.2, 0.25) is 5.91 Å². The number of rotatable bonds is 5. The van der Waals surface area contributed by atoms with Crippen molar-refractivity contribution in [3.63, 3.8) is 0 Å². The summed E-state index contributed by atoms with van der Waals surface area (Å²) in [4.78, 5) is 21.8. The van der Waals surface area contributed by atoms with Crippen LogP contribution in [0.2, 0.25) is 0 Å². The van der Waals surface area contributed by atoms with Crippen LogP contribution in [0.3, 0.4) is 0 Å². The van der Waals surface area contributed by atoms with Crippen LogP contribution in [0, 0.1) is 23.7 Å². The Hall–Kier alpha value is -1.25. The van der Waals surface area contributed by atoms with E-state index in [0.29, 0.717) is 30.6 Å². The lowest BCUT2D eigenvalue weighted by atomic mass is 9.85. The van der Waals surface area contributed by atoms with Crippen molar-refractivity contribution in [3.8, 4) is 0 Å². The van der Waals surface area contributed by atoms with Crippen LogP contribution in [0.15, 0.2) is 12.2 Å². The molecule has 4 aliphatic rings. The Kier molecular flexibility index (Phi) is 12.3. The fraction of sp³-hybridized carbons (Fsp3) is 0.846. The Morgan fingerprint density at radius 3 is 2.63 bits per heavy atom. The molecule has 0 radical (unpaired) electrons. The van der Waals surface area contributed by atoms with Gasteiger partial charge in [-0.2, -0.15) is 0 Å². The highest BCUT2D eigenvalue weighted by Gasteiger charge is 2.49. The number of hydrogen-bond acceptors (Lipinski definition) is 10. The van der Waals surface area contributed by atoms with Crippen molar-refractivity contribution < 1.29 is 44.6 Å². The predicted octanol–water partition coefficient (Wildman–Crippen LogP) is -0.289. The third-order valence-corrected chi connectivity index (χ3v) is 9.13. The molecule has 0 aromatic rings. The van der Waals surface area contributed by atoms with Gasteiger partial charge in [0, 0.05) is 24.8 Å². The molecule has 0 aliphatic carbocycles. The second-order valence-corrected chi connectivity index (χ2v) is 12.2. The fourth-order valence-electron chi connectivity index (χ4n) is 5.97. The lowest BCUT2D eigenvalue weighted by Crippen LogP contribution is -2.64. The zero-order valence-electron chi connectivity index (χ0n) is 22.1. The van der Waals surface area contributed by atoms with E-state index in [1.54, 1.807) is 0 Å². The molecule has 38 heavy (non-hydrogen) atoms. The Balaban J connectivity index is 0.00000127. The largest absolute Gasteiger partial charge is 0.483 e. The Morgan fingerprint density at radius 2 is 1.95 bits per heavy atom. The van der Waals surface area contributed by atoms with Gasteiger partial charge in [-0.25, -0.2) is 0 Å². The average Bonchev–Trinajstić information content (AvgIpc) is 3.17. The predicted molar refractivity (Wildman–Crippen MR) is 141 cm³/mol. The summed E-state index contributed by atoms with van der Waals surface area (Å²) in [6.45, 7) is 5.55. The number of aliphatic hydroxyl groups excluding tert-OH is 4. The first-order chi connectivity index (χ1) is 18.2. The monoisotopic (exact) mass is 560 g/mol. The van der Waals surface area contributed by atoms with Crippen LogP contribution in [0.25, 0.3) is 0 Å². The standard InChI is InChI=1S/C25H42N2O7S.CH2O2/c1-13(2)8-14-6-7-33-22-16(9-14)10-26-18(22)24(32)27-17-5-3-4-15(11-28)12-35-25-21(31)19(29)20(30)23(17)34-25;2-1-3/h3-4,13-23,25-26,28-31H,5-12H2,1-2H3,(H,27,32);1H,(H,2,3)/b4-3+;/t14-,15?,16-,17+,18-,19-,20+,21+,22+,23+,25+;/m0./s1. The van der Waals surface area contributed by atoms with Gasteiger partial charge in [-0.3, -0.25) is 9.59 Å². The molecule has 4 aliphatic heterocycles. The van der Waals surface area contributed by atoms with Crippen molar-refractivity contribution in [1.82, 2.24) is 10.6 Å². The fourth-order valence-corrected chi connectivity index (χ4v) is 7.19. The van der Waals surface area contributed by atoms with Gasteiger partial charge in [0.1, 0.15) is 35.9 Å². The summed E-state index contributed by atoms with van der Waals surface area (Å²) in [5.74, 6) is 1.67. The van der Waals surface area contributed by atoms with Crippen LogP contribution in [-0.4, -0.2) is 111 Å². The molecule has 0 aromatic carbocycles.